The van der Waals surface area contributed by atoms with Gasteiger partial charge in [-0.25, -0.2) is 8.42 Å². The van der Waals surface area contributed by atoms with Crippen molar-refractivity contribution in [2.24, 2.45) is 11.3 Å². The smallest absolute Gasteiger partial charge is 0.150 e. The second kappa shape index (κ2) is 3.20. The molecule has 2 aliphatic carbocycles. The van der Waals surface area contributed by atoms with Crippen molar-refractivity contribution >= 4 is 9.84 Å². The summed E-state index contributed by atoms with van der Waals surface area (Å²) in [6.45, 7) is 1.06. The molecule has 1 aliphatic heterocycles. The van der Waals surface area contributed by atoms with Gasteiger partial charge < -0.3 is 5.32 Å². The van der Waals surface area contributed by atoms with Gasteiger partial charge in [-0.2, -0.15) is 0 Å². The molecule has 3 rings (SSSR count). The summed E-state index contributed by atoms with van der Waals surface area (Å²) < 4.78 is 23.2. The van der Waals surface area contributed by atoms with Crippen LogP contribution in [0.2, 0.25) is 0 Å². The number of hydrogen-bond acceptors (Lipinski definition) is 3. The first kappa shape index (κ1) is 10.1. The van der Waals surface area contributed by atoms with E-state index >= 15 is 0 Å². The summed E-state index contributed by atoms with van der Waals surface area (Å²) in [4.78, 5) is 0. The number of sulfone groups is 1. The third kappa shape index (κ3) is 2.07. The molecule has 2 saturated carbocycles. The summed E-state index contributed by atoms with van der Waals surface area (Å²) in [6.07, 6.45) is 5.81. The number of hydrogen-bond donors (Lipinski definition) is 1. The zero-order valence-electron chi connectivity index (χ0n) is 9.04. The molecule has 3 aliphatic rings. The molecule has 0 aromatic carbocycles. The van der Waals surface area contributed by atoms with Gasteiger partial charge in [0, 0.05) is 6.04 Å². The Kier molecular flexibility index (Phi) is 2.15. The van der Waals surface area contributed by atoms with Crippen molar-refractivity contribution in [3.8, 4) is 0 Å². The zero-order chi connectivity index (χ0) is 10.5. The second-order valence-electron chi connectivity index (χ2n) is 5.64. The fraction of sp³-hybridized carbons (Fsp3) is 1.00. The highest BCUT2D eigenvalue weighted by Gasteiger charge is 2.56. The van der Waals surface area contributed by atoms with Gasteiger partial charge in [-0.15, -0.1) is 0 Å². The van der Waals surface area contributed by atoms with Gasteiger partial charge >= 0.3 is 0 Å². The third-order valence-corrected chi connectivity index (χ3v) is 6.15. The van der Waals surface area contributed by atoms with E-state index in [1.807, 2.05) is 0 Å². The Labute approximate surface area is 91.5 Å². The lowest BCUT2D eigenvalue weighted by Crippen LogP contribution is -2.30. The van der Waals surface area contributed by atoms with E-state index in [1.54, 1.807) is 0 Å². The lowest BCUT2D eigenvalue weighted by molar-refractivity contribution is 0.419. The normalized spacial score (nSPS) is 43.1. The molecule has 86 valence electrons. The van der Waals surface area contributed by atoms with Crippen LogP contribution in [0.5, 0.6) is 0 Å². The molecular formula is C11H19NO2S. The first-order valence-corrected chi connectivity index (χ1v) is 7.86. The highest BCUT2D eigenvalue weighted by molar-refractivity contribution is 7.91. The van der Waals surface area contributed by atoms with E-state index in [1.165, 1.54) is 12.8 Å². The average Bonchev–Trinajstić information content (AvgIpc) is 2.98. The van der Waals surface area contributed by atoms with E-state index < -0.39 is 9.84 Å². The predicted molar refractivity (Wildman–Crippen MR) is 59.5 cm³/mol. The standard InChI is InChI=1S/C11H19NO2S/c13-15(14)5-1-4-11(8-15)6-9(11)7-12-10-2-3-10/h9-10,12H,1-8H2. The van der Waals surface area contributed by atoms with Crippen molar-refractivity contribution in [3.63, 3.8) is 0 Å². The third-order valence-electron chi connectivity index (χ3n) is 4.23. The zero-order valence-corrected chi connectivity index (χ0v) is 9.85. The van der Waals surface area contributed by atoms with Crippen LogP contribution in [0.25, 0.3) is 0 Å². The van der Waals surface area contributed by atoms with Crippen LogP contribution in [-0.4, -0.2) is 32.5 Å². The highest BCUT2D eigenvalue weighted by atomic mass is 32.2. The lowest BCUT2D eigenvalue weighted by Gasteiger charge is -2.22. The van der Waals surface area contributed by atoms with Gasteiger partial charge in [0.15, 0.2) is 9.84 Å². The molecule has 1 spiro atoms. The van der Waals surface area contributed by atoms with Crippen LogP contribution in [0.15, 0.2) is 0 Å². The van der Waals surface area contributed by atoms with Gasteiger partial charge in [0.1, 0.15) is 0 Å². The Morgan fingerprint density at radius 2 is 2.13 bits per heavy atom. The predicted octanol–water partition coefficient (Wildman–Crippen LogP) is 0.953. The second-order valence-corrected chi connectivity index (χ2v) is 7.83. The van der Waals surface area contributed by atoms with Crippen molar-refractivity contribution in [2.75, 3.05) is 18.1 Å². The minimum atomic E-state index is -2.71. The Balaban J connectivity index is 1.57. The molecule has 2 unspecified atom stereocenters. The molecular weight excluding hydrogens is 210 g/mol. The summed E-state index contributed by atoms with van der Waals surface area (Å²) in [5.74, 6) is 1.54. The topological polar surface area (TPSA) is 46.2 Å². The van der Waals surface area contributed by atoms with Gasteiger partial charge in [0.25, 0.3) is 0 Å². The van der Waals surface area contributed by atoms with Crippen LogP contribution >= 0.6 is 0 Å². The van der Waals surface area contributed by atoms with Crippen molar-refractivity contribution in [1.29, 1.82) is 0 Å². The molecule has 1 N–H and O–H groups in total. The van der Waals surface area contributed by atoms with E-state index in [4.69, 9.17) is 0 Å². The summed E-state index contributed by atoms with van der Waals surface area (Å²) >= 11 is 0. The van der Waals surface area contributed by atoms with Gasteiger partial charge in [-0.3, -0.25) is 0 Å². The molecule has 0 bridgehead atoms. The Hall–Kier alpha value is -0.0900. The van der Waals surface area contributed by atoms with Gasteiger partial charge in [0.2, 0.25) is 0 Å². The molecule has 0 aromatic heterocycles. The van der Waals surface area contributed by atoms with Gasteiger partial charge in [-0.05, 0) is 50.0 Å². The summed E-state index contributed by atoms with van der Waals surface area (Å²) in [6, 6.07) is 0.753. The van der Waals surface area contributed by atoms with Crippen molar-refractivity contribution in [1.82, 2.24) is 5.32 Å². The van der Waals surface area contributed by atoms with Crippen molar-refractivity contribution < 1.29 is 8.42 Å². The maximum atomic E-state index is 11.6. The minimum Gasteiger partial charge on any atom is -0.314 e. The van der Waals surface area contributed by atoms with Crippen molar-refractivity contribution in [2.45, 2.75) is 38.1 Å². The molecule has 1 heterocycles. The van der Waals surface area contributed by atoms with E-state index in [-0.39, 0.29) is 5.41 Å². The van der Waals surface area contributed by atoms with E-state index in [0.29, 0.717) is 17.4 Å². The Morgan fingerprint density at radius 3 is 2.80 bits per heavy atom. The quantitative estimate of drug-likeness (QED) is 0.784. The SMILES string of the molecule is O=S1(=O)CCCC2(CC2CNC2CC2)C1. The summed E-state index contributed by atoms with van der Waals surface area (Å²) in [5.41, 5.74) is 0.193. The first-order valence-electron chi connectivity index (χ1n) is 6.04. The van der Waals surface area contributed by atoms with Crippen molar-refractivity contribution in [3.05, 3.63) is 0 Å². The average molecular weight is 229 g/mol. The van der Waals surface area contributed by atoms with Gasteiger partial charge in [-0.1, -0.05) is 0 Å². The molecule has 3 nitrogen and oxygen atoms in total. The Morgan fingerprint density at radius 1 is 1.33 bits per heavy atom. The molecule has 0 aromatic rings. The van der Waals surface area contributed by atoms with E-state index in [0.717, 1.165) is 31.8 Å². The number of rotatable bonds is 3. The van der Waals surface area contributed by atoms with Crippen LogP contribution < -0.4 is 5.32 Å². The van der Waals surface area contributed by atoms with Crippen LogP contribution in [0.4, 0.5) is 0 Å². The monoisotopic (exact) mass is 229 g/mol. The molecule has 2 atom stereocenters. The fourth-order valence-electron chi connectivity index (χ4n) is 3.03. The lowest BCUT2D eigenvalue weighted by atomic mass is 9.99. The largest absolute Gasteiger partial charge is 0.314 e. The minimum absolute atomic E-state index is 0.193. The van der Waals surface area contributed by atoms with Crippen LogP contribution in [0.1, 0.15) is 32.1 Å². The molecule has 1 saturated heterocycles. The molecule has 3 fully saturated rings. The highest BCUT2D eigenvalue weighted by Crippen LogP contribution is 2.58. The first-order chi connectivity index (χ1) is 7.10. The Bertz CT molecular complexity index is 361. The van der Waals surface area contributed by atoms with Crippen LogP contribution in [0.3, 0.4) is 0 Å². The van der Waals surface area contributed by atoms with E-state index in [2.05, 4.69) is 5.32 Å². The fourth-order valence-corrected chi connectivity index (χ4v) is 5.13. The molecule has 4 heteroatoms. The summed E-state index contributed by atoms with van der Waals surface area (Å²) in [7, 11) is -2.71. The van der Waals surface area contributed by atoms with Crippen LogP contribution in [-0.2, 0) is 9.84 Å². The number of nitrogens with one attached hydrogen (secondary N) is 1. The molecule has 0 radical (unpaired) electrons. The molecule has 0 amide bonds. The van der Waals surface area contributed by atoms with Crippen LogP contribution in [0, 0.1) is 11.3 Å². The van der Waals surface area contributed by atoms with Gasteiger partial charge in [0.05, 0.1) is 11.5 Å². The molecule has 15 heavy (non-hydrogen) atoms. The maximum absolute atomic E-state index is 11.6. The van der Waals surface area contributed by atoms with E-state index in [9.17, 15) is 8.42 Å². The maximum Gasteiger partial charge on any atom is 0.150 e. The summed E-state index contributed by atoms with van der Waals surface area (Å²) in [5, 5.41) is 3.52.